The van der Waals surface area contributed by atoms with Crippen LogP contribution in [-0.4, -0.2) is 32.4 Å². The van der Waals surface area contributed by atoms with Gasteiger partial charge in [-0.2, -0.15) is 10.4 Å². The number of amides is 1. The van der Waals surface area contributed by atoms with E-state index in [0.29, 0.717) is 29.4 Å². The molecular weight excluding hydrogens is 346 g/mol. The summed E-state index contributed by atoms with van der Waals surface area (Å²) in [6.45, 7) is 2.46. The molecule has 1 amide bonds. The molecule has 0 radical (unpaired) electrons. The fourth-order valence-corrected chi connectivity index (χ4v) is 2.08. The average Bonchev–Trinajstić information content (AvgIpc) is 2.71. The lowest BCUT2D eigenvalue weighted by Crippen LogP contribution is -2.24. The number of methoxy groups -OCH3 is 1. The van der Waals surface area contributed by atoms with E-state index in [0.717, 1.165) is 12.0 Å². The molecule has 27 heavy (non-hydrogen) atoms. The molecule has 0 unspecified atom stereocenters. The standard InChI is InChI=1S/C20H21N3O4/c1-3-10-26-18-9-6-16(11-19(18)25-2)13-22-23-20(24)14-27-17-7-4-15(12-21)5-8-17/h4-9,11,13H,3,10,14H2,1-2H3,(H,23,24)/b22-13+. The van der Waals surface area contributed by atoms with Crippen LogP contribution >= 0.6 is 0 Å². The molecule has 0 atom stereocenters. The summed E-state index contributed by atoms with van der Waals surface area (Å²) in [5, 5.41) is 12.6. The highest BCUT2D eigenvalue weighted by Gasteiger charge is 2.05. The Kier molecular flexibility index (Phi) is 7.67. The predicted molar refractivity (Wildman–Crippen MR) is 101 cm³/mol. The van der Waals surface area contributed by atoms with Crippen molar-refractivity contribution in [1.29, 1.82) is 5.26 Å². The molecule has 2 aromatic carbocycles. The molecule has 0 heterocycles. The van der Waals surface area contributed by atoms with Gasteiger partial charge in [0.2, 0.25) is 0 Å². The number of hydrogen-bond donors (Lipinski definition) is 1. The molecule has 7 nitrogen and oxygen atoms in total. The fourth-order valence-electron chi connectivity index (χ4n) is 2.08. The van der Waals surface area contributed by atoms with Crippen LogP contribution in [0.4, 0.5) is 0 Å². The van der Waals surface area contributed by atoms with E-state index in [-0.39, 0.29) is 6.61 Å². The van der Waals surface area contributed by atoms with Gasteiger partial charge in [-0.25, -0.2) is 5.43 Å². The van der Waals surface area contributed by atoms with E-state index in [4.69, 9.17) is 19.5 Å². The molecule has 7 heteroatoms. The van der Waals surface area contributed by atoms with Crippen LogP contribution in [0.3, 0.4) is 0 Å². The number of rotatable bonds is 9. The molecule has 2 rings (SSSR count). The summed E-state index contributed by atoms with van der Waals surface area (Å²) in [5.41, 5.74) is 3.67. The van der Waals surface area contributed by atoms with Crippen molar-refractivity contribution in [2.75, 3.05) is 20.3 Å². The molecule has 1 N–H and O–H groups in total. The number of carbonyl (C=O) groups excluding carboxylic acids is 1. The van der Waals surface area contributed by atoms with Crippen LogP contribution in [0.25, 0.3) is 0 Å². The number of hydrogen-bond acceptors (Lipinski definition) is 6. The van der Waals surface area contributed by atoms with E-state index in [9.17, 15) is 4.79 Å². The third-order valence-corrected chi connectivity index (χ3v) is 3.41. The lowest BCUT2D eigenvalue weighted by Gasteiger charge is -2.10. The maximum Gasteiger partial charge on any atom is 0.277 e. The lowest BCUT2D eigenvalue weighted by molar-refractivity contribution is -0.123. The fraction of sp³-hybridized carbons (Fsp3) is 0.250. The number of nitrogens with zero attached hydrogens (tertiary/aromatic N) is 2. The van der Waals surface area contributed by atoms with E-state index in [1.807, 2.05) is 19.1 Å². The van der Waals surface area contributed by atoms with Crippen molar-refractivity contribution in [1.82, 2.24) is 5.43 Å². The predicted octanol–water partition coefficient (Wildman–Crippen LogP) is 2.88. The number of hydrazone groups is 1. The van der Waals surface area contributed by atoms with Gasteiger partial charge in [0.15, 0.2) is 18.1 Å². The first-order chi connectivity index (χ1) is 13.2. The Bertz CT molecular complexity index is 826. The van der Waals surface area contributed by atoms with Gasteiger partial charge in [-0.15, -0.1) is 0 Å². The Balaban J connectivity index is 1.84. The van der Waals surface area contributed by atoms with Gasteiger partial charge in [-0.3, -0.25) is 4.79 Å². The normalized spacial score (nSPS) is 10.3. The SMILES string of the molecule is CCCOc1ccc(/C=N/NC(=O)COc2ccc(C#N)cc2)cc1OC. The van der Waals surface area contributed by atoms with E-state index in [1.54, 1.807) is 43.5 Å². The molecule has 0 bridgehead atoms. The minimum absolute atomic E-state index is 0.184. The van der Waals surface area contributed by atoms with Gasteiger partial charge in [0, 0.05) is 0 Å². The molecule has 0 saturated heterocycles. The molecule has 0 aliphatic rings. The molecule has 2 aromatic rings. The van der Waals surface area contributed by atoms with Crippen molar-refractivity contribution in [2.45, 2.75) is 13.3 Å². The highest BCUT2D eigenvalue weighted by molar-refractivity contribution is 5.83. The first-order valence-corrected chi connectivity index (χ1v) is 8.42. The Hall–Kier alpha value is -3.53. The van der Waals surface area contributed by atoms with Gasteiger partial charge in [0.1, 0.15) is 5.75 Å². The van der Waals surface area contributed by atoms with Crippen LogP contribution in [0, 0.1) is 11.3 Å². The molecule has 0 fully saturated rings. The second-order valence-corrected chi connectivity index (χ2v) is 5.48. The molecule has 140 valence electrons. The Labute approximate surface area is 158 Å². The lowest BCUT2D eigenvalue weighted by atomic mass is 10.2. The number of benzene rings is 2. The summed E-state index contributed by atoms with van der Waals surface area (Å²) < 4.78 is 16.2. The summed E-state index contributed by atoms with van der Waals surface area (Å²) in [6.07, 6.45) is 2.41. The molecule has 0 spiro atoms. The molecule has 0 aromatic heterocycles. The monoisotopic (exact) mass is 367 g/mol. The number of carbonyl (C=O) groups is 1. The van der Waals surface area contributed by atoms with Crippen molar-refractivity contribution in [3.05, 3.63) is 53.6 Å². The van der Waals surface area contributed by atoms with Crippen LogP contribution in [0.5, 0.6) is 17.2 Å². The quantitative estimate of drug-likeness (QED) is 0.543. The van der Waals surface area contributed by atoms with Crippen LogP contribution in [0.1, 0.15) is 24.5 Å². The number of nitrogens with one attached hydrogen (secondary N) is 1. The zero-order valence-electron chi connectivity index (χ0n) is 15.3. The van der Waals surface area contributed by atoms with E-state index >= 15 is 0 Å². The first-order valence-electron chi connectivity index (χ1n) is 8.42. The summed E-state index contributed by atoms with van der Waals surface area (Å²) in [4.78, 5) is 11.8. The topological polar surface area (TPSA) is 92.9 Å². The average molecular weight is 367 g/mol. The summed E-state index contributed by atoms with van der Waals surface area (Å²) in [6, 6.07) is 13.9. The molecule has 0 aliphatic heterocycles. The van der Waals surface area contributed by atoms with Crippen molar-refractivity contribution in [3.8, 4) is 23.3 Å². The van der Waals surface area contributed by atoms with Gasteiger partial charge >= 0.3 is 0 Å². The van der Waals surface area contributed by atoms with Gasteiger partial charge < -0.3 is 14.2 Å². The third kappa shape index (κ3) is 6.36. The van der Waals surface area contributed by atoms with Gasteiger partial charge in [0.25, 0.3) is 5.91 Å². The maximum atomic E-state index is 11.8. The van der Waals surface area contributed by atoms with Gasteiger partial charge in [-0.1, -0.05) is 6.92 Å². The third-order valence-electron chi connectivity index (χ3n) is 3.41. The highest BCUT2D eigenvalue weighted by Crippen LogP contribution is 2.27. The van der Waals surface area contributed by atoms with E-state index in [2.05, 4.69) is 10.5 Å². The first kappa shape index (κ1) is 19.8. The minimum Gasteiger partial charge on any atom is -0.493 e. The second kappa shape index (κ2) is 10.5. The Morgan fingerprint density at radius 3 is 2.63 bits per heavy atom. The van der Waals surface area contributed by atoms with Crippen LogP contribution < -0.4 is 19.6 Å². The minimum atomic E-state index is -0.398. The van der Waals surface area contributed by atoms with E-state index < -0.39 is 5.91 Å². The largest absolute Gasteiger partial charge is 0.493 e. The molecule has 0 saturated carbocycles. The number of nitriles is 1. The van der Waals surface area contributed by atoms with Crippen molar-refractivity contribution < 1.29 is 19.0 Å². The Morgan fingerprint density at radius 1 is 1.19 bits per heavy atom. The van der Waals surface area contributed by atoms with Crippen LogP contribution in [0.2, 0.25) is 0 Å². The molecular formula is C20H21N3O4. The molecule has 0 aliphatic carbocycles. The van der Waals surface area contributed by atoms with Crippen molar-refractivity contribution in [2.24, 2.45) is 5.10 Å². The van der Waals surface area contributed by atoms with Crippen LogP contribution in [0.15, 0.2) is 47.6 Å². The smallest absolute Gasteiger partial charge is 0.277 e. The van der Waals surface area contributed by atoms with Crippen LogP contribution in [-0.2, 0) is 4.79 Å². The van der Waals surface area contributed by atoms with Gasteiger partial charge in [-0.05, 0) is 54.4 Å². The van der Waals surface area contributed by atoms with E-state index in [1.165, 1.54) is 6.21 Å². The van der Waals surface area contributed by atoms with Crippen molar-refractivity contribution in [3.63, 3.8) is 0 Å². The number of ether oxygens (including phenoxy) is 3. The summed E-state index contributed by atoms with van der Waals surface area (Å²) >= 11 is 0. The Morgan fingerprint density at radius 2 is 1.96 bits per heavy atom. The van der Waals surface area contributed by atoms with Crippen molar-refractivity contribution >= 4 is 12.1 Å². The van der Waals surface area contributed by atoms with Gasteiger partial charge in [0.05, 0.1) is 31.6 Å². The zero-order valence-corrected chi connectivity index (χ0v) is 15.3. The highest BCUT2D eigenvalue weighted by atomic mass is 16.5. The maximum absolute atomic E-state index is 11.8. The zero-order chi connectivity index (χ0) is 19.5. The second-order valence-electron chi connectivity index (χ2n) is 5.48. The summed E-state index contributed by atoms with van der Waals surface area (Å²) in [7, 11) is 1.57. The summed E-state index contributed by atoms with van der Waals surface area (Å²) in [5.74, 6) is 1.37.